The van der Waals surface area contributed by atoms with E-state index in [4.69, 9.17) is 25.8 Å². The molecule has 0 aromatic carbocycles. The minimum atomic E-state index is -3.72. The quantitative estimate of drug-likeness (QED) is 0.570. The summed E-state index contributed by atoms with van der Waals surface area (Å²) in [5.41, 5.74) is 0. The molecule has 1 aromatic rings. The van der Waals surface area contributed by atoms with Crippen molar-refractivity contribution in [2.75, 3.05) is 0 Å². The van der Waals surface area contributed by atoms with Crippen molar-refractivity contribution >= 4 is 74.0 Å². The molecular formula is C4HNO6S5. The summed E-state index contributed by atoms with van der Waals surface area (Å²) < 4.78 is 30.0. The predicted molar refractivity (Wildman–Crippen MR) is 66.3 cm³/mol. The summed E-state index contributed by atoms with van der Waals surface area (Å²) in [6.45, 7) is 0. The maximum atomic E-state index is 5.10. The second kappa shape index (κ2) is 2.81. The molecule has 0 amide bonds. The molecule has 3 rings (SSSR count). The highest BCUT2D eigenvalue weighted by Gasteiger charge is 2.66. The fourth-order valence-electron chi connectivity index (χ4n) is 1.04. The minimum Gasteiger partial charge on any atom is -0.318 e. The first kappa shape index (κ1) is 10.6. The van der Waals surface area contributed by atoms with Gasteiger partial charge in [0.05, 0.1) is 0 Å². The molecule has 2 aliphatic heterocycles. The van der Waals surface area contributed by atoms with Crippen LogP contribution in [0.2, 0.25) is 0 Å². The van der Waals surface area contributed by atoms with Crippen molar-refractivity contribution in [1.29, 1.82) is 0 Å². The number of rotatable bonds is 0. The van der Waals surface area contributed by atoms with E-state index in [1.807, 2.05) is 0 Å². The molecule has 1 aromatic heterocycles. The van der Waals surface area contributed by atoms with E-state index >= 15 is 0 Å². The number of nitrogens with zero attached hydrogens (tertiary/aromatic N) is 1. The van der Waals surface area contributed by atoms with Gasteiger partial charge in [0.25, 0.3) is 4.32 Å². The molecule has 0 aliphatic carbocycles. The molecule has 0 saturated carbocycles. The van der Waals surface area contributed by atoms with Gasteiger partial charge in [0.1, 0.15) is 0 Å². The van der Waals surface area contributed by atoms with Crippen LogP contribution in [0.3, 0.4) is 0 Å². The Balaban J connectivity index is 2.16. The Morgan fingerprint density at radius 1 is 1.00 bits per heavy atom. The fraction of sp³-hybridized carbons (Fsp3) is 0. The fourth-order valence-corrected chi connectivity index (χ4v) is 4.83. The summed E-state index contributed by atoms with van der Waals surface area (Å²) >= 11 is 17.9. The van der Waals surface area contributed by atoms with Crippen LogP contribution in [0.15, 0.2) is 9.05 Å². The molecule has 0 radical (unpaired) electrons. The highest BCUT2D eigenvalue weighted by Crippen LogP contribution is 2.77. The lowest BCUT2D eigenvalue weighted by molar-refractivity contribution is -0.00644. The molecule has 3 heterocycles. The number of thiocarbonyl (C=S) groups is 2. The molecule has 7 nitrogen and oxygen atoms in total. The minimum absolute atomic E-state index is 0.0344. The van der Waals surface area contributed by atoms with Crippen LogP contribution in [0, 0.1) is 4.90 Å². The number of hydrogen-bond donors (Lipinski definition) is 1. The third kappa shape index (κ3) is 1.10. The normalized spacial score (nSPS) is 25.9. The Morgan fingerprint density at radius 2 is 1.44 bits per heavy atom. The Hall–Kier alpha value is -0.560. The molecule has 16 heavy (non-hydrogen) atoms. The van der Waals surface area contributed by atoms with E-state index in [1.165, 1.54) is 0 Å². The van der Waals surface area contributed by atoms with Crippen molar-refractivity contribution in [3.05, 3.63) is 4.90 Å². The van der Waals surface area contributed by atoms with Gasteiger partial charge >= 0.3 is 25.3 Å². The zero-order chi connectivity index (χ0) is 11.6. The van der Waals surface area contributed by atoms with E-state index in [-0.39, 0.29) is 19.7 Å². The van der Waals surface area contributed by atoms with E-state index in [0.29, 0.717) is 0 Å². The molecule has 12 heteroatoms. The first-order chi connectivity index (χ1) is 7.43. The lowest BCUT2D eigenvalue weighted by Crippen LogP contribution is -2.49. The number of hydrogen-bond acceptors (Lipinski definition) is 9. The highest BCUT2D eigenvalue weighted by molar-refractivity contribution is 8.44. The van der Waals surface area contributed by atoms with Gasteiger partial charge in [-0.3, -0.25) is 9.05 Å². The summed E-state index contributed by atoms with van der Waals surface area (Å²) in [5, 5.41) is -0.279. The lowest BCUT2D eigenvalue weighted by atomic mass is 11.4. The second-order valence-corrected chi connectivity index (χ2v) is 6.81. The molecule has 0 unspecified atom stereocenters. The van der Waals surface area contributed by atoms with Gasteiger partial charge in [0.2, 0.25) is 0 Å². The van der Waals surface area contributed by atoms with Gasteiger partial charge in [-0.25, -0.2) is 0 Å². The molecule has 0 bridgehead atoms. The van der Waals surface area contributed by atoms with Crippen LogP contribution >= 0.6 is 59.2 Å². The topological polar surface area (TPSA) is 68.1 Å². The van der Waals surface area contributed by atoms with Crippen LogP contribution in [-0.4, -0.2) is 19.7 Å². The van der Waals surface area contributed by atoms with Crippen LogP contribution < -0.4 is 0 Å². The maximum Gasteiger partial charge on any atom is 0.409 e. The van der Waals surface area contributed by atoms with Crippen molar-refractivity contribution in [1.82, 2.24) is 4.91 Å². The summed E-state index contributed by atoms with van der Waals surface area (Å²) in [7, 11) is -3.72. The molecule has 0 N–H and O–H groups in total. The molecule has 2 saturated heterocycles. The average Bonchev–Trinajstić information content (AvgIpc) is 2.06. The molecule has 0 atom stereocenters. The van der Waals surface area contributed by atoms with Gasteiger partial charge in [-0.1, -0.05) is 0 Å². The van der Waals surface area contributed by atoms with Gasteiger partial charge in [0, 0.05) is 41.6 Å². The summed E-state index contributed by atoms with van der Waals surface area (Å²) in [6.07, 6.45) is 0. The first-order valence-electron chi connectivity index (χ1n) is 3.52. The molecular weight excluding hydrogens is 318 g/mol. The Kier molecular flexibility index (Phi) is 1.86. The Morgan fingerprint density at radius 3 is 1.75 bits per heavy atom. The van der Waals surface area contributed by atoms with Crippen molar-refractivity contribution in [3.8, 4) is 0 Å². The molecule has 1 spiro atoms. The van der Waals surface area contributed by atoms with Crippen molar-refractivity contribution in [3.63, 3.8) is 0 Å². The van der Waals surface area contributed by atoms with Gasteiger partial charge in [-0.2, -0.15) is 0 Å². The SMILES string of the molecule is S=C1OS2(=C(S)n3oc(=S)o3)(O1)OC(=S)O2. The largest absolute Gasteiger partial charge is 0.409 e. The van der Waals surface area contributed by atoms with Gasteiger partial charge in [-0.05, 0) is 0 Å². The van der Waals surface area contributed by atoms with Crippen LogP contribution in [0.1, 0.15) is 0 Å². The van der Waals surface area contributed by atoms with E-state index in [9.17, 15) is 0 Å². The zero-order valence-electron chi connectivity index (χ0n) is 6.98. The Labute approximate surface area is 109 Å². The summed E-state index contributed by atoms with van der Waals surface area (Å²) in [6, 6.07) is 0. The standard InChI is InChI=1S/C4HNO6S5/c12-1(5-6-2(13)7-5)16(8-3(14)9-16)10-4(15)11-16/h12H. The molecule has 2 aliphatic rings. The van der Waals surface area contributed by atoms with Crippen molar-refractivity contribution < 1.29 is 25.8 Å². The van der Waals surface area contributed by atoms with E-state index < -0.39 is 9.87 Å². The number of aromatic nitrogens is 1. The monoisotopic (exact) mass is 319 g/mol. The number of thiol groups is 1. The van der Waals surface area contributed by atoms with Crippen LogP contribution in [0.4, 0.5) is 0 Å². The van der Waals surface area contributed by atoms with Crippen molar-refractivity contribution in [2.24, 2.45) is 0 Å². The van der Waals surface area contributed by atoms with Crippen LogP contribution in [-0.2, 0) is 16.7 Å². The average molecular weight is 319 g/mol. The maximum absolute atomic E-state index is 5.10. The van der Waals surface area contributed by atoms with Gasteiger partial charge in [0.15, 0.2) is 0 Å². The molecule has 88 valence electrons. The van der Waals surface area contributed by atoms with Gasteiger partial charge < -0.3 is 16.7 Å². The van der Waals surface area contributed by atoms with Crippen molar-refractivity contribution in [2.45, 2.75) is 0 Å². The third-order valence-corrected chi connectivity index (χ3v) is 6.08. The van der Waals surface area contributed by atoms with Crippen LogP contribution in [0.5, 0.6) is 0 Å². The van der Waals surface area contributed by atoms with Crippen LogP contribution in [0.25, 0.3) is 0 Å². The van der Waals surface area contributed by atoms with E-state index in [2.05, 4.69) is 49.3 Å². The lowest BCUT2D eigenvalue weighted by Gasteiger charge is -2.56. The first-order valence-corrected chi connectivity index (χ1v) is 6.93. The highest BCUT2D eigenvalue weighted by atomic mass is 32.3. The van der Waals surface area contributed by atoms with Gasteiger partial charge in [-0.15, -0.1) is 12.6 Å². The summed E-state index contributed by atoms with van der Waals surface area (Å²) in [4.78, 5) is 0.752. The smallest absolute Gasteiger partial charge is 0.318 e. The third-order valence-electron chi connectivity index (χ3n) is 1.62. The molecule has 2 fully saturated rings. The summed E-state index contributed by atoms with van der Waals surface area (Å²) in [5.74, 6) is 0. The Bertz CT molecular complexity index is 572. The zero-order valence-corrected chi connectivity index (χ0v) is 11.1. The second-order valence-electron chi connectivity index (χ2n) is 2.55. The predicted octanol–water partition coefficient (Wildman–Crippen LogP) is 1.93. The van der Waals surface area contributed by atoms with E-state index in [0.717, 1.165) is 4.91 Å². The van der Waals surface area contributed by atoms with E-state index in [1.54, 1.807) is 0 Å².